The summed E-state index contributed by atoms with van der Waals surface area (Å²) in [5, 5.41) is 15.6. The number of nitrogens with zero attached hydrogens (tertiary/aromatic N) is 3. The number of fused-ring (bicyclic) bond motifs is 2. The highest BCUT2D eigenvalue weighted by molar-refractivity contribution is 6.30. The smallest absolute Gasteiger partial charge is 0.148 e. The first-order valence-corrected chi connectivity index (χ1v) is 8.26. The molecular formula is C18H18ClN3O. The second kappa shape index (κ2) is 5.53. The van der Waals surface area contributed by atoms with Crippen molar-refractivity contribution >= 4 is 22.6 Å². The Balaban J connectivity index is 1.64. The minimum atomic E-state index is 0.353. The zero-order valence-corrected chi connectivity index (χ0v) is 13.7. The van der Waals surface area contributed by atoms with Crippen LogP contribution in [0.4, 0.5) is 0 Å². The molecule has 1 unspecified atom stereocenters. The maximum atomic E-state index is 10.7. The molecule has 1 aliphatic rings. The Hall–Kier alpha value is -2.07. The van der Waals surface area contributed by atoms with Crippen molar-refractivity contribution < 1.29 is 5.11 Å². The predicted octanol–water partition coefficient (Wildman–Crippen LogP) is 3.67. The number of aromatic hydroxyl groups is 1. The Kier molecular flexibility index (Phi) is 3.49. The Bertz CT molecular complexity index is 870. The van der Waals surface area contributed by atoms with Crippen molar-refractivity contribution in [2.45, 2.75) is 25.7 Å². The summed E-state index contributed by atoms with van der Waals surface area (Å²) in [6.45, 7) is 0. The summed E-state index contributed by atoms with van der Waals surface area (Å²) in [6.07, 6.45) is 5.58. The summed E-state index contributed by atoms with van der Waals surface area (Å²) in [5.74, 6) is 0.868. The van der Waals surface area contributed by atoms with E-state index in [2.05, 4.69) is 22.2 Å². The van der Waals surface area contributed by atoms with Crippen LogP contribution < -0.4 is 0 Å². The van der Waals surface area contributed by atoms with Crippen molar-refractivity contribution in [1.29, 1.82) is 0 Å². The first-order valence-electron chi connectivity index (χ1n) is 7.88. The number of halogens is 1. The van der Waals surface area contributed by atoms with Crippen LogP contribution in [0.2, 0.25) is 5.02 Å². The van der Waals surface area contributed by atoms with Gasteiger partial charge in [-0.15, -0.1) is 0 Å². The Morgan fingerprint density at radius 3 is 2.87 bits per heavy atom. The van der Waals surface area contributed by atoms with Gasteiger partial charge in [0.05, 0.1) is 6.20 Å². The fourth-order valence-corrected chi connectivity index (χ4v) is 3.68. The van der Waals surface area contributed by atoms with Crippen molar-refractivity contribution in [3.8, 4) is 5.75 Å². The molecule has 1 aliphatic carbocycles. The molecule has 23 heavy (non-hydrogen) atoms. The summed E-state index contributed by atoms with van der Waals surface area (Å²) < 4.78 is 1.70. The Morgan fingerprint density at radius 2 is 2.09 bits per heavy atom. The lowest BCUT2D eigenvalue weighted by Gasteiger charge is -2.25. The van der Waals surface area contributed by atoms with Gasteiger partial charge < -0.3 is 5.11 Å². The maximum absolute atomic E-state index is 10.7. The second-order valence-electron chi connectivity index (χ2n) is 6.33. The van der Waals surface area contributed by atoms with E-state index < -0.39 is 0 Å². The van der Waals surface area contributed by atoms with Gasteiger partial charge in [0, 0.05) is 23.3 Å². The molecule has 0 saturated heterocycles. The van der Waals surface area contributed by atoms with E-state index in [-0.39, 0.29) is 0 Å². The highest BCUT2D eigenvalue weighted by Gasteiger charge is 2.25. The molecule has 4 nitrogen and oxygen atoms in total. The van der Waals surface area contributed by atoms with Gasteiger partial charge in [0.25, 0.3) is 0 Å². The van der Waals surface area contributed by atoms with E-state index in [9.17, 15) is 5.11 Å². The monoisotopic (exact) mass is 327 g/mol. The van der Waals surface area contributed by atoms with Gasteiger partial charge in [-0.05, 0) is 49.3 Å². The molecule has 0 fully saturated rings. The van der Waals surface area contributed by atoms with Crippen LogP contribution in [0.5, 0.6) is 5.75 Å². The summed E-state index contributed by atoms with van der Waals surface area (Å²) in [4.78, 5) is 4.69. The van der Waals surface area contributed by atoms with Crippen LogP contribution >= 0.6 is 11.6 Å². The van der Waals surface area contributed by atoms with Crippen molar-refractivity contribution in [3.05, 3.63) is 52.3 Å². The molecule has 1 N–H and O–H groups in total. The Labute approximate surface area is 139 Å². The van der Waals surface area contributed by atoms with Gasteiger partial charge in [-0.1, -0.05) is 23.7 Å². The molecule has 0 radical (unpaired) electrons. The maximum Gasteiger partial charge on any atom is 0.148 e. The van der Waals surface area contributed by atoms with E-state index in [0.29, 0.717) is 11.7 Å². The molecule has 0 saturated carbocycles. The fourth-order valence-electron chi connectivity index (χ4n) is 3.56. The lowest BCUT2D eigenvalue weighted by Crippen LogP contribution is -2.18. The van der Waals surface area contributed by atoms with Gasteiger partial charge in [0.2, 0.25) is 0 Å². The molecule has 0 amide bonds. The highest BCUT2D eigenvalue weighted by Crippen LogP contribution is 2.36. The van der Waals surface area contributed by atoms with Crippen LogP contribution in [0.3, 0.4) is 0 Å². The third-order valence-corrected chi connectivity index (χ3v) is 5.01. The van der Waals surface area contributed by atoms with Gasteiger partial charge in [0.15, 0.2) is 0 Å². The van der Waals surface area contributed by atoms with E-state index in [1.54, 1.807) is 10.9 Å². The molecule has 1 aromatic carbocycles. The minimum Gasteiger partial charge on any atom is -0.505 e. The molecule has 0 aliphatic heterocycles. The first kappa shape index (κ1) is 14.5. The lowest BCUT2D eigenvalue weighted by molar-refractivity contribution is 0.419. The molecule has 3 aromatic rings. The van der Waals surface area contributed by atoms with Crippen molar-refractivity contribution in [2.75, 3.05) is 0 Å². The average Bonchev–Trinajstić information content (AvgIpc) is 2.92. The van der Waals surface area contributed by atoms with Gasteiger partial charge in [-0.2, -0.15) is 5.10 Å². The van der Waals surface area contributed by atoms with E-state index in [1.807, 2.05) is 19.2 Å². The van der Waals surface area contributed by atoms with E-state index >= 15 is 0 Å². The van der Waals surface area contributed by atoms with Crippen LogP contribution in [-0.4, -0.2) is 19.9 Å². The second-order valence-corrected chi connectivity index (χ2v) is 6.76. The lowest BCUT2D eigenvalue weighted by atomic mass is 9.82. The predicted molar refractivity (Wildman–Crippen MR) is 90.8 cm³/mol. The SMILES string of the molecule is Cn1ncc2nc3c(c(O)c21)CC(Cc1ccc(Cl)cc1)CC3. The number of hydrogen-bond donors (Lipinski definition) is 1. The van der Waals surface area contributed by atoms with Crippen LogP contribution in [0.15, 0.2) is 30.5 Å². The van der Waals surface area contributed by atoms with E-state index in [1.165, 1.54) is 5.56 Å². The fraction of sp³-hybridized carbons (Fsp3) is 0.333. The quantitative estimate of drug-likeness (QED) is 0.781. The number of rotatable bonds is 2. The summed E-state index contributed by atoms with van der Waals surface area (Å²) in [5.41, 5.74) is 4.81. The van der Waals surface area contributed by atoms with Crippen LogP contribution in [-0.2, 0) is 26.3 Å². The number of aryl methyl sites for hydroxylation is 2. The zero-order valence-electron chi connectivity index (χ0n) is 13.0. The van der Waals surface area contributed by atoms with Gasteiger partial charge in [-0.25, -0.2) is 4.98 Å². The topological polar surface area (TPSA) is 50.9 Å². The van der Waals surface area contributed by atoms with Crippen LogP contribution in [0.25, 0.3) is 11.0 Å². The Morgan fingerprint density at radius 1 is 1.30 bits per heavy atom. The number of hydrogen-bond acceptors (Lipinski definition) is 3. The summed E-state index contributed by atoms with van der Waals surface area (Å²) >= 11 is 5.95. The molecule has 5 heteroatoms. The van der Waals surface area contributed by atoms with Gasteiger partial charge in [-0.3, -0.25) is 4.68 Å². The zero-order chi connectivity index (χ0) is 16.0. The van der Waals surface area contributed by atoms with Crippen LogP contribution in [0, 0.1) is 5.92 Å². The van der Waals surface area contributed by atoms with Gasteiger partial charge >= 0.3 is 0 Å². The van der Waals surface area contributed by atoms with Crippen molar-refractivity contribution in [1.82, 2.24) is 14.8 Å². The molecule has 4 rings (SSSR count). The van der Waals surface area contributed by atoms with E-state index in [0.717, 1.165) is 53.0 Å². The minimum absolute atomic E-state index is 0.353. The summed E-state index contributed by atoms with van der Waals surface area (Å²) in [7, 11) is 1.84. The normalized spacial score (nSPS) is 17.4. The first-order chi connectivity index (χ1) is 11.1. The number of pyridine rings is 1. The molecule has 2 heterocycles. The molecule has 118 valence electrons. The molecule has 2 aromatic heterocycles. The van der Waals surface area contributed by atoms with Crippen molar-refractivity contribution in [3.63, 3.8) is 0 Å². The third kappa shape index (κ3) is 2.57. The highest BCUT2D eigenvalue weighted by atomic mass is 35.5. The average molecular weight is 328 g/mol. The molecule has 1 atom stereocenters. The van der Waals surface area contributed by atoms with Crippen LogP contribution in [0.1, 0.15) is 23.2 Å². The molecule has 0 spiro atoms. The standard InChI is InChI=1S/C18H18ClN3O/c1-22-17-16(10-20-22)21-15-7-4-12(9-14(15)18(17)23)8-11-2-5-13(19)6-3-11/h2-3,5-6,10,12H,4,7-9H2,1H3,(H,21,23). The molecule has 0 bridgehead atoms. The third-order valence-electron chi connectivity index (χ3n) is 4.75. The number of benzene rings is 1. The summed E-state index contributed by atoms with van der Waals surface area (Å²) in [6, 6.07) is 8.04. The molecular weight excluding hydrogens is 310 g/mol. The number of aromatic nitrogens is 3. The van der Waals surface area contributed by atoms with Gasteiger partial charge in [0.1, 0.15) is 16.8 Å². The largest absolute Gasteiger partial charge is 0.505 e. The van der Waals surface area contributed by atoms with E-state index in [4.69, 9.17) is 11.6 Å². The van der Waals surface area contributed by atoms with Crippen molar-refractivity contribution in [2.24, 2.45) is 13.0 Å².